The van der Waals surface area contributed by atoms with Gasteiger partial charge < -0.3 is 10.1 Å². The van der Waals surface area contributed by atoms with Crippen LogP contribution in [0.5, 0.6) is 5.75 Å². The minimum absolute atomic E-state index is 0.287. The van der Waals surface area contributed by atoms with E-state index >= 15 is 0 Å². The van der Waals surface area contributed by atoms with Gasteiger partial charge in [-0.15, -0.1) is 0 Å². The summed E-state index contributed by atoms with van der Waals surface area (Å²) in [5.74, 6) is -0.780. The van der Waals surface area contributed by atoms with Crippen molar-refractivity contribution >= 4 is 18.0 Å². The zero-order valence-corrected chi connectivity index (χ0v) is 14.3. The maximum atomic E-state index is 11.7. The average molecular weight is 339 g/mol. The quantitative estimate of drug-likeness (QED) is 0.481. The topological polar surface area (TPSA) is 79.8 Å². The van der Waals surface area contributed by atoms with E-state index in [4.69, 9.17) is 4.74 Å². The van der Waals surface area contributed by atoms with Gasteiger partial charge in [-0.3, -0.25) is 9.59 Å². The van der Waals surface area contributed by atoms with Gasteiger partial charge in [0, 0.05) is 6.54 Å². The first-order chi connectivity index (χ1) is 12.1. The normalized spacial score (nSPS) is 10.5. The highest BCUT2D eigenvalue weighted by Crippen LogP contribution is 2.10. The molecule has 0 unspecified atom stereocenters. The molecule has 0 aliphatic heterocycles. The van der Waals surface area contributed by atoms with Gasteiger partial charge in [-0.05, 0) is 49.2 Å². The molecule has 2 aromatic carbocycles. The van der Waals surface area contributed by atoms with E-state index in [1.54, 1.807) is 24.3 Å². The number of benzene rings is 2. The fourth-order valence-electron chi connectivity index (χ4n) is 2.00. The first kappa shape index (κ1) is 18.2. The molecule has 0 spiro atoms. The predicted molar refractivity (Wildman–Crippen MR) is 96.4 cm³/mol. The van der Waals surface area contributed by atoms with Crippen molar-refractivity contribution in [2.75, 3.05) is 6.61 Å². The molecule has 6 heteroatoms. The lowest BCUT2D eigenvalue weighted by atomic mass is 10.1. The Hall–Kier alpha value is -3.15. The Bertz CT molecular complexity index is 738. The predicted octanol–water partition coefficient (Wildman–Crippen LogP) is 2.16. The fraction of sp³-hybridized carbons (Fsp3) is 0.211. The molecule has 6 nitrogen and oxygen atoms in total. The zero-order valence-electron chi connectivity index (χ0n) is 14.3. The van der Waals surface area contributed by atoms with Crippen molar-refractivity contribution in [2.45, 2.75) is 20.4 Å². The molecule has 0 aromatic heterocycles. The third kappa shape index (κ3) is 6.10. The number of aryl methyl sites for hydroxylation is 1. The Morgan fingerprint density at radius 1 is 1.04 bits per heavy atom. The van der Waals surface area contributed by atoms with Gasteiger partial charge in [0.25, 0.3) is 0 Å². The SMILES string of the molecule is CCOc1ccc(C=NNC(=O)C(=O)NCc2ccc(C)cc2)cc1. The number of carbonyl (C=O) groups is 2. The van der Waals surface area contributed by atoms with E-state index in [9.17, 15) is 9.59 Å². The number of hydrazone groups is 1. The number of carbonyl (C=O) groups excluding carboxylic acids is 2. The van der Waals surface area contributed by atoms with E-state index in [1.807, 2.05) is 38.1 Å². The van der Waals surface area contributed by atoms with E-state index in [0.717, 1.165) is 22.4 Å². The van der Waals surface area contributed by atoms with Crippen molar-refractivity contribution < 1.29 is 14.3 Å². The highest BCUT2D eigenvalue weighted by molar-refractivity contribution is 6.35. The number of ether oxygens (including phenoxy) is 1. The van der Waals surface area contributed by atoms with Gasteiger partial charge in [0.2, 0.25) is 0 Å². The second kappa shape index (κ2) is 9.22. The van der Waals surface area contributed by atoms with Crippen molar-refractivity contribution in [3.8, 4) is 5.75 Å². The summed E-state index contributed by atoms with van der Waals surface area (Å²) in [5, 5.41) is 6.33. The van der Waals surface area contributed by atoms with E-state index in [2.05, 4.69) is 15.8 Å². The molecule has 2 aromatic rings. The summed E-state index contributed by atoms with van der Waals surface area (Å²) in [6, 6.07) is 14.9. The molecular formula is C19H21N3O3. The molecule has 2 amide bonds. The minimum Gasteiger partial charge on any atom is -0.494 e. The summed E-state index contributed by atoms with van der Waals surface area (Å²) in [7, 11) is 0. The zero-order chi connectivity index (χ0) is 18.1. The van der Waals surface area contributed by atoms with E-state index < -0.39 is 11.8 Å². The van der Waals surface area contributed by atoms with Crippen molar-refractivity contribution in [1.29, 1.82) is 0 Å². The molecule has 0 bridgehead atoms. The van der Waals surface area contributed by atoms with Crippen LogP contribution in [0.4, 0.5) is 0 Å². The van der Waals surface area contributed by atoms with E-state index in [0.29, 0.717) is 6.61 Å². The first-order valence-corrected chi connectivity index (χ1v) is 7.98. The van der Waals surface area contributed by atoms with Crippen molar-refractivity contribution in [2.24, 2.45) is 5.10 Å². The van der Waals surface area contributed by atoms with Crippen LogP contribution in [-0.2, 0) is 16.1 Å². The molecule has 130 valence electrons. The van der Waals surface area contributed by atoms with Gasteiger partial charge in [-0.25, -0.2) is 5.43 Å². The largest absolute Gasteiger partial charge is 0.494 e. The smallest absolute Gasteiger partial charge is 0.329 e. The first-order valence-electron chi connectivity index (χ1n) is 7.98. The minimum atomic E-state index is -0.811. The van der Waals surface area contributed by atoms with Crippen LogP contribution in [-0.4, -0.2) is 24.6 Å². The third-order valence-electron chi connectivity index (χ3n) is 3.35. The molecule has 0 saturated heterocycles. The van der Waals surface area contributed by atoms with Crippen LogP contribution in [0.15, 0.2) is 53.6 Å². The Morgan fingerprint density at radius 3 is 2.36 bits per heavy atom. The molecule has 0 atom stereocenters. The van der Waals surface area contributed by atoms with Crippen molar-refractivity contribution in [3.63, 3.8) is 0 Å². The number of amides is 2. The molecule has 0 aliphatic carbocycles. The summed E-state index contributed by atoms with van der Waals surface area (Å²) < 4.78 is 5.34. The van der Waals surface area contributed by atoms with Crippen LogP contribution in [0, 0.1) is 6.92 Å². The van der Waals surface area contributed by atoms with Gasteiger partial charge in [0.15, 0.2) is 0 Å². The fourth-order valence-corrected chi connectivity index (χ4v) is 2.00. The van der Waals surface area contributed by atoms with Crippen LogP contribution in [0.3, 0.4) is 0 Å². The maximum absolute atomic E-state index is 11.7. The average Bonchev–Trinajstić information content (AvgIpc) is 2.62. The third-order valence-corrected chi connectivity index (χ3v) is 3.35. The summed E-state index contributed by atoms with van der Waals surface area (Å²) in [6.45, 7) is 4.78. The van der Waals surface area contributed by atoms with Crippen LogP contribution < -0.4 is 15.5 Å². The summed E-state index contributed by atoms with van der Waals surface area (Å²) in [4.78, 5) is 23.4. The molecule has 2 rings (SSSR count). The van der Waals surface area contributed by atoms with Crippen LogP contribution in [0.1, 0.15) is 23.6 Å². The second-order valence-electron chi connectivity index (χ2n) is 5.37. The number of nitrogens with zero attached hydrogens (tertiary/aromatic N) is 1. The standard InChI is InChI=1S/C19H21N3O3/c1-3-25-17-10-8-16(9-11-17)13-21-22-19(24)18(23)20-12-15-6-4-14(2)5-7-15/h4-11,13H,3,12H2,1-2H3,(H,20,23)(H,22,24). The molecule has 0 saturated carbocycles. The number of hydrogen-bond donors (Lipinski definition) is 2. The highest BCUT2D eigenvalue weighted by atomic mass is 16.5. The van der Waals surface area contributed by atoms with E-state index in [1.165, 1.54) is 6.21 Å². The van der Waals surface area contributed by atoms with Crippen LogP contribution >= 0.6 is 0 Å². The summed E-state index contributed by atoms with van der Waals surface area (Å²) >= 11 is 0. The molecule has 25 heavy (non-hydrogen) atoms. The van der Waals surface area contributed by atoms with Crippen molar-refractivity contribution in [1.82, 2.24) is 10.7 Å². The van der Waals surface area contributed by atoms with Gasteiger partial charge >= 0.3 is 11.8 Å². The lowest BCUT2D eigenvalue weighted by molar-refractivity contribution is -0.139. The Morgan fingerprint density at radius 2 is 1.72 bits per heavy atom. The molecule has 2 N–H and O–H groups in total. The van der Waals surface area contributed by atoms with E-state index in [-0.39, 0.29) is 6.54 Å². The Balaban J connectivity index is 1.78. The molecule has 0 radical (unpaired) electrons. The highest BCUT2D eigenvalue weighted by Gasteiger charge is 2.11. The molecule has 0 heterocycles. The Labute approximate surface area is 146 Å². The lowest BCUT2D eigenvalue weighted by Gasteiger charge is -2.04. The summed E-state index contributed by atoms with van der Waals surface area (Å²) in [5.41, 5.74) is 5.04. The van der Waals surface area contributed by atoms with Crippen LogP contribution in [0.25, 0.3) is 0 Å². The lowest BCUT2D eigenvalue weighted by Crippen LogP contribution is -2.37. The van der Waals surface area contributed by atoms with Gasteiger partial charge in [-0.2, -0.15) is 5.10 Å². The molecular weight excluding hydrogens is 318 g/mol. The summed E-state index contributed by atoms with van der Waals surface area (Å²) in [6.07, 6.45) is 1.46. The van der Waals surface area contributed by atoms with Gasteiger partial charge in [0.1, 0.15) is 5.75 Å². The number of hydrogen-bond acceptors (Lipinski definition) is 4. The monoisotopic (exact) mass is 339 g/mol. The molecule has 0 aliphatic rings. The Kier molecular flexibility index (Phi) is 6.71. The maximum Gasteiger partial charge on any atom is 0.329 e. The van der Waals surface area contributed by atoms with Crippen molar-refractivity contribution in [3.05, 3.63) is 65.2 Å². The second-order valence-corrected chi connectivity index (χ2v) is 5.37. The number of rotatable bonds is 6. The molecule has 0 fully saturated rings. The van der Waals surface area contributed by atoms with Crippen LogP contribution in [0.2, 0.25) is 0 Å². The number of nitrogens with one attached hydrogen (secondary N) is 2. The van der Waals surface area contributed by atoms with Gasteiger partial charge in [0.05, 0.1) is 12.8 Å². The van der Waals surface area contributed by atoms with Gasteiger partial charge in [-0.1, -0.05) is 29.8 Å².